The standard InChI is InChI=1S/C20H22O11S/c21-13-5-3-11(4-6-13)1-2-12-7-14(22)9-15(8-12)30-20-19(25)18(24)17(23)16(31-20)10-29-32(26,27)28/h1-9,16-25H,10H2,(H,26,27,28)/b2-1+/t16-,17-,18+,19-,20-/m1/s1. The third-order valence-electron chi connectivity index (χ3n) is 4.58. The van der Waals surface area contributed by atoms with Gasteiger partial charge in [0.05, 0.1) is 6.61 Å². The lowest BCUT2D eigenvalue weighted by atomic mass is 9.99. The van der Waals surface area contributed by atoms with Crippen molar-refractivity contribution in [2.75, 3.05) is 6.61 Å². The van der Waals surface area contributed by atoms with E-state index in [2.05, 4.69) is 4.18 Å². The van der Waals surface area contributed by atoms with Crippen LogP contribution < -0.4 is 4.74 Å². The molecule has 1 heterocycles. The van der Waals surface area contributed by atoms with Gasteiger partial charge < -0.3 is 35.0 Å². The van der Waals surface area contributed by atoms with Gasteiger partial charge in [-0.25, -0.2) is 4.18 Å². The van der Waals surface area contributed by atoms with Crippen LogP contribution in [0.4, 0.5) is 0 Å². The molecule has 174 valence electrons. The third-order valence-corrected chi connectivity index (χ3v) is 5.01. The zero-order valence-corrected chi connectivity index (χ0v) is 17.2. The van der Waals surface area contributed by atoms with E-state index in [1.165, 1.54) is 30.3 Å². The summed E-state index contributed by atoms with van der Waals surface area (Å²) in [5.41, 5.74) is 1.28. The number of ether oxygens (including phenoxy) is 2. The molecule has 5 atom stereocenters. The molecule has 2 aromatic carbocycles. The molecular formula is C20H22O11S. The van der Waals surface area contributed by atoms with Crippen molar-refractivity contribution in [3.05, 3.63) is 53.6 Å². The van der Waals surface area contributed by atoms with E-state index >= 15 is 0 Å². The minimum Gasteiger partial charge on any atom is -0.508 e. The second kappa shape index (κ2) is 9.83. The number of rotatable bonds is 7. The second-order valence-electron chi connectivity index (χ2n) is 7.03. The molecular weight excluding hydrogens is 448 g/mol. The van der Waals surface area contributed by atoms with Crippen LogP contribution in [0.1, 0.15) is 11.1 Å². The number of hydrogen-bond acceptors (Lipinski definition) is 10. The molecule has 1 aliphatic rings. The Hall–Kier alpha value is -2.71. The first-order valence-corrected chi connectivity index (χ1v) is 10.7. The lowest BCUT2D eigenvalue weighted by molar-refractivity contribution is -0.276. The van der Waals surface area contributed by atoms with Gasteiger partial charge in [-0.1, -0.05) is 24.3 Å². The van der Waals surface area contributed by atoms with E-state index in [-0.39, 0.29) is 17.2 Å². The molecule has 6 N–H and O–H groups in total. The topological polar surface area (TPSA) is 183 Å². The molecule has 0 radical (unpaired) electrons. The summed E-state index contributed by atoms with van der Waals surface area (Å²) in [6.45, 7) is -0.843. The Balaban J connectivity index is 1.75. The van der Waals surface area contributed by atoms with Gasteiger partial charge in [-0.05, 0) is 35.4 Å². The van der Waals surface area contributed by atoms with Gasteiger partial charge in [-0.3, -0.25) is 4.55 Å². The van der Waals surface area contributed by atoms with Gasteiger partial charge >= 0.3 is 10.4 Å². The van der Waals surface area contributed by atoms with Crippen LogP contribution >= 0.6 is 0 Å². The van der Waals surface area contributed by atoms with Crippen molar-refractivity contribution in [3.63, 3.8) is 0 Å². The molecule has 0 aliphatic carbocycles. The molecule has 2 aromatic rings. The summed E-state index contributed by atoms with van der Waals surface area (Å²) in [5, 5.41) is 49.5. The van der Waals surface area contributed by atoms with Gasteiger partial charge in [0, 0.05) is 6.07 Å². The molecule has 0 amide bonds. The molecule has 12 heteroatoms. The fourth-order valence-corrected chi connectivity index (χ4v) is 3.29. The van der Waals surface area contributed by atoms with Gasteiger partial charge in [0.15, 0.2) is 0 Å². The minimum absolute atomic E-state index is 0.0393. The molecule has 1 saturated heterocycles. The van der Waals surface area contributed by atoms with Crippen molar-refractivity contribution in [3.8, 4) is 17.2 Å². The highest BCUT2D eigenvalue weighted by molar-refractivity contribution is 7.80. The maximum absolute atomic E-state index is 10.8. The normalized spacial score (nSPS) is 26.3. The fraction of sp³-hybridized carbons (Fsp3) is 0.300. The fourth-order valence-electron chi connectivity index (χ4n) is 2.99. The zero-order valence-electron chi connectivity index (χ0n) is 16.4. The third kappa shape index (κ3) is 6.40. The van der Waals surface area contributed by atoms with Crippen LogP contribution in [-0.4, -0.2) is 75.8 Å². The Bertz CT molecular complexity index is 1050. The number of benzene rings is 2. The molecule has 3 rings (SSSR count). The lowest BCUT2D eigenvalue weighted by Gasteiger charge is -2.39. The Kier molecular flexibility index (Phi) is 7.36. The SMILES string of the molecule is O=S(=O)(O)OC[C@H]1O[C@@H](Oc2cc(O)cc(/C=C/c3ccc(O)cc3)c2)[C@H](O)[C@@H](O)[C@@H]1O. The number of aromatic hydroxyl groups is 2. The van der Waals surface area contributed by atoms with E-state index in [1.807, 2.05) is 0 Å². The van der Waals surface area contributed by atoms with Crippen molar-refractivity contribution in [1.29, 1.82) is 0 Å². The van der Waals surface area contributed by atoms with Crippen molar-refractivity contribution in [2.24, 2.45) is 0 Å². The highest BCUT2D eigenvalue weighted by Crippen LogP contribution is 2.28. The first-order chi connectivity index (χ1) is 15.0. The van der Waals surface area contributed by atoms with E-state index in [4.69, 9.17) is 14.0 Å². The number of hydrogen-bond donors (Lipinski definition) is 6. The summed E-state index contributed by atoms with van der Waals surface area (Å²) >= 11 is 0. The molecule has 11 nitrogen and oxygen atoms in total. The largest absolute Gasteiger partial charge is 0.508 e. The van der Waals surface area contributed by atoms with E-state index in [1.54, 1.807) is 24.3 Å². The number of phenolic OH excluding ortho intramolecular Hbond substituents is 2. The van der Waals surface area contributed by atoms with Crippen molar-refractivity contribution in [2.45, 2.75) is 30.7 Å². The quantitative estimate of drug-likeness (QED) is 0.241. The van der Waals surface area contributed by atoms with Crippen LogP contribution in [0.3, 0.4) is 0 Å². The van der Waals surface area contributed by atoms with Crippen LogP contribution in [0.2, 0.25) is 0 Å². The Morgan fingerprint density at radius 3 is 2.19 bits per heavy atom. The predicted octanol–water partition coefficient (Wildman–Crippen LogP) is 0.274. The van der Waals surface area contributed by atoms with Crippen molar-refractivity contribution < 1.29 is 52.2 Å². The van der Waals surface area contributed by atoms with Crippen LogP contribution in [0.25, 0.3) is 12.2 Å². The first-order valence-electron chi connectivity index (χ1n) is 9.31. The summed E-state index contributed by atoms with van der Waals surface area (Å²) in [7, 11) is -4.83. The van der Waals surface area contributed by atoms with E-state index < -0.39 is 47.7 Å². The van der Waals surface area contributed by atoms with Crippen LogP contribution in [-0.2, 0) is 19.3 Å². The highest BCUT2D eigenvalue weighted by atomic mass is 32.3. The van der Waals surface area contributed by atoms with Crippen LogP contribution in [0.15, 0.2) is 42.5 Å². The van der Waals surface area contributed by atoms with Gasteiger partial charge in [-0.15, -0.1) is 0 Å². The first kappa shape index (κ1) is 23.9. The summed E-state index contributed by atoms with van der Waals surface area (Å²) in [6, 6.07) is 10.5. The smallest absolute Gasteiger partial charge is 0.397 e. The monoisotopic (exact) mass is 470 g/mol. The van der Waals surface area contributed by atoms with Crippen molar-refractivity contribution in [1.82, 2.24) is 0 Å². The van der Waals surface area contributed by atoms with Crippen molar-refractivity contribution >= 4 is 22.6 Å². The van der Waals surface area contributed by atoms with Crippen LogP contribution in [0, 0.1) is 0 Å². The summed E-state index contributed by atoms with van der Waals surface area (Å²) < 4.78 is 45.2. The second-order valence-corrected chi connectivity index (χ2v) is 8.12. The maximum Gasteiger partial charge on any atom is 0.397 e. The molecule has 0 saturated carbocycles. The lowest BCUT2D eigenvalue weighted by Crippen LogP contribution is -2.60. The Morgan fingerprint density at radius 1 is 0.875 bits per heavy atom. The number of aliphatic hydroxyl groups excluding tert-OH is 3. The van der Waals surface area contributed by atoms with E-state index in [9.17, 15) is 34.0 Å². The van der Waals surface area contributed by atoms with Gasteiger partial charge in [0.25, 0.3) is 0 Å². The number of aliphatic hydroxyl groups is 3. The summed E-state index contributed by atoms with van der Waals surface area (Å²) in [5.74, 6) is -0.0173. The summed E-state index contributed by atoms with van der Waals surface area (Å²) in [6.07, 6.45) is -4.85. The van der Waals surface area contributed by atoms with Gasteiger partial charge in [-0.2, -0.15) is 8.42 Å². The molecule has 0 bridgehead atoms. The maximum atomic E-state index is 10.8. The average Bonchev–Trinajstić information content (AvgIpc) is 2.72. The Morgan fingerprint density at radius 2 is 1.53 bits per heavy atom. The average molecular weight is 470 g/mol. The Labute approximate surface area is 183 Å². The minimum atomic E-state index is -4.83. The molecule has 32 heavy (non-hydrogen) atoms. The molecule has 1 aliphatic heterocycles. The van der Waals surface area contributed by atoms with Gasteiger partial charge in [0.1, 0.15) is 41.7 Å². The van der Waals surface area contributed by atoms with Crippen LogP contribution in [0.5, 0.6) is 17.2 Å². The molecule has 0 aromatic heterocycles. The summed E-state index contributed by atoms with van der Waals surface area (Å²) in [4.78, 5) is 0. The van der Waals surface area contributed by atoms with E-state index in [0.29, 0.717) is 5.56 Å². The zero-order chi connectivity index (χ0) is 23.5. The molecule has 0 spiro atoms. The predicted molar refractivity (Wildman–Crippen MR) is 110 cm³/mol. The van der Waals surface area contributed by atoms with E-state index in [0.717, 1.165) is 5.56 Å². The van der Waals surface area contributed by atoms with Gasteiger partial charge in [0.2, 0.25) is 6.29 Å². The number of phenols is 2. The highest BCUT2D eigenvalue weighted by Gasteiger charge is 2.45. The molecule has 1 fully saturated rings. The molecule has 0 unspecified atom stereocenters.